The third-order valence-electron chi connectivity index (χ3n) is 3.55. The van der Waals surface area contributed by atoms with Crippen LogP contribution in [0.4, 0.5) is 5.69 Å². The van der Waals surface area contributed by atoms with Gasteiger partial charge >= 0.3 is 5.97 Å². The van der Waals surface area contributed by atoms with Gasteiger partial charge in [0.1, 0.15) is 0 Å². The van der Waals surface area contributed by atoms with Gasteiger partial charge in [0.15, 0.2) is 18.1 Å². The lowest BCUT2D eigenvalue weighted by molar-refractivity contribution is -0.119. The zero-order valence-electron chi connectivity index (χ0n) is 15.9. The second kappa shape index (κ2) is 11.1. The Hall–Kier alpha value is -2.15. The van der Waals surface area contributed by atoms with Crippen molar-refractivity contribution in [1.82, 2.24) is 0 Å². The van der Waals surface area contributed by atoms with Crippen LogP contribution in [0.2, 0.25) is 15.1 Å². The third-order valence-corrected chi connectivity index (χ3v) is 4.36. The Morgan fingerprint density at radius 1 is 0.966 bits per heavy atom. The van der Waals surface area contributed by atoms with Crippen molar-refractivity contribution in [3.8, 4) is 11.5 Å². The SMILES string of the molecule is CCCOc1ccc(C(=O)OCC(=O)Nc2c(Cl)cc(Cl)cc2Cl)cc1OCC. The third kappa shape index (κ3) is 6.70. The van der Waals surface area contributed by atoms with E-state index in [1.54, 1.807) is 12.1 Å². The fraction of sp³-hybridized carbons (Fsp3) is 0.300. The van der Waals surface area contributed by atoms with Gasteiger partial charge in [0.2, 0.25) is 0 Å². The van der Waals surface area contributed by atoms with E-state index in [0.717, 1.165) is 6.42 Å². The molecule has 0 unspecified atom stereocenters. The summed E-state index contributed by atoms with van der Waals surface area (Å²) in [6, 6.07) is 7.56. The summed E-state index contributed by atoms with van der Waals surface area (Å²) in [7, 11) is 0. The van der Waals surface area contributed by atoms with Gasteiger partial charge in [-0.15, -0.1) is 0 Å². The van der Waals surface area contributed by atoms with Gasteiger partial charge in [-0.3, -0.25) is 4.79 Å². The molecule has 156 valence electrons. The highest BCUT2D eigenvalue weighted by Crippen LogP contribution is 2.33. The van der Waals surface area contributed by atoms with Crippen molar-refractivity contribution in [2.45, 2.75) is 20.3 Å². The Morgan fingerprint density at radius 2 is 1.66 bits per heavy atom. The molecule has 0 aliphatic heterocycles. The van der Waals surface area contributed by atoms with Crippen molar-refractivity contribution >= 4 is 52.4 Å². The molecule has 0 aromatic heterocycles. The Morgan fingerprint density at radius 3 is 2.28 bits per heavy atom. The minimum Gasteiger partial charge on any atom is -0.490 e. The molecule has 0 saturated heterocycles. The minimum absolute atomic E-state index is 0.172. The molecule has 0 aliphatic rings. The van der Waals surface area contributed by atoms with Gasteiger partial charge < -0.3 is 19.5 Å². The van der Waals surface area contributed by atoms with Gasteiger partial charge in [0, 0.05) is 5.02 Å². The average Bonchev–Trinajstić information content (AvgIpc) is 2.68. The Labute approximate surface area is 184 Å². The quantitative estimate of drug-likeness (QED) is 0.491. The molecule has 1 N–H and O–H groups in total. The van der Waals surface area contributed by atoms with Crippen LogP contribution in [0.15, 0.2) is 30.3 Å². The van der Waals surface area contributed by atoms with E-state index in [1.807, 2.05) is 13.8 Å². The zero-order chi connectivity index (χ0) is 21.4. The summed E-state index contributed by atoms with van der Waals surface area (Å²) in [6.45, 7) is 4.23. The smallest absolute Gasteiger partial charge is 0.338 e. The number of hydrogen-bond donors (Lipinski definition) is 1. The molecule has 0 fully saturated rings. The maximum atomic E-state index is 12.3. The number of benzene rings is 2. The fourth-order valence-electron chi connectivity index (χ4n) is 2.29. The van der Waals surface area contributed by atoms with Crippen molar-refractivity contribution in [2.24, 2.45) is 0 Å². The van der Waals surface area contributed by atoms with E-state index < -0.39 is 18.5 Å². The standard InChI is InChI=1S/C20H20Cl3NO5/c1-3-7-28-16-6-5-12(8-17(16)27-4-2)20(26)29-11-18(25)24-19-14(22)9-13(21)10-15(19)23/h5-6,8-10H,3-4,7,11H2,1-2H3,(H,24,25). The van der Waals surface area contributed by atoms with Gasteiger partial charge in [0.05, 0.1) is 34.5 Å². The molecule has 2 aromatic carbocycles. The lowest BCUT2D eigenvalue weighted by Crippen LogP contribution is -2.21. The summed E-state index contributed by atoms with van der Waals surface area (Å²) in [5.41, 5.74) is 0.419. The van der Waals surface area contributed by atoms with Crippen molar-refractivity contribution < 1.29 is 23.8 Å². The largest absolute Gasteiger partial charge is 0.490 e. The molecule has 0 saturated carbocycles. The molecule has 0 radical (unpaired) electrons. The maximum Gasteiger partial charge on any atom is 0.338 e. The van der Waals surface area contributed by atoms with E-state index in [1.165, 1.54) is 18.2 Å². The number of amides is 1. The van der Waals surface area contributed by atoms with Crippen molar-refractivity contribution in [3.05, 3.63) is 51.0 Å². The Balaban J connectivity index is 2.01. The number of esters is 1. The first kappa shape index (κ1) is 23.1. The lowest BCUT2D eigenvalue weighted by Gasteiger charge is -2.13. The summed E-state index contributed by atoms with van der Waals surface area (Å²) in [4.78, 5) is 24.4. The van der Waals surface area contributed by atoms with Crippen molar-refractivity contribution in [3.63, 3.8) is 0 Å². The molecular weight excluding hydrogens is 441 g/mol. The highest BCUT2D eigenvalue weighted by Gasteiger charge is 2.16. The molecule has 9 heteroatoms. The van der Waals surface area contributed by atoms with E-state index in [0.29, 0.717) is 29.7 Å². The fourth-order valence-corrected chi connectivity index (χ4v) is 3.20. The molecule has 2 aromatic rings. The van der Waals surface area contributed by atoms with E-state index in [-0.39, 0.29) is 21.3 Å². The number of nitrogens with one attached hydrogen (secondary N) is 1. The highest BCUT2D eigenvalue weighted by atomic mass is 35.5. The number of carbonyl (C=O) groups is 2. The van der Waals surface area contributed by atoms with E-state index >= 15 is 0 Å². The Kier molecular flexibility index (Phi) is 8.89. The molecule has 2 rings (SSSR count). The summed E-state index contributed by atoms with van der Waals surface area (Å²) in [5, 5.41) is 3.17. The van der Waals surface area contributed by atoms with Gasteiger partial charge in [-0.1, -0.05) is 41.7 Å². The van der Waals surface area contributed by atoms with Crippen molar-refractivity contribution in [2.75, 3.05) is 25.1 Å². The van der Waals surface area contributed by atoms with Crippen LogP contribution in [0.25, 0.3) is 0 Å². The van der Waals surface area contributed by atoms with Gasteiger partial charge in [-0.25, -0.2) is 4.79 Å². The van der Waals surface area contributed by atoms with Gasteiger partial charge in [-0.2, -0.15) is 0 Å². The second-order valence-electron chi connectivity index (χ2n) is 5.81. The van der Waals surface area contributed by atoms with Crippen LogP contribution in [0.5, 0.6) is 11.5 Å². The summed E-state index contributed by atoms with van der Waals surface area (Å²) >= 11 is 17.9. The first-order valence-electron chi connectivity index (χ1n) is 8.86. The summed E-state index contributed by atoms with van der Waals surface area (Å²) in [5.74, 6) is -0.316. The number of rotatable bonds is 9. The minimum atomic E-state index is -0.684. The molecule has 6 nitrogen and oxygen atoms in total. The maximum absolute atomic E-state index is 12.3. The molecule has 0 bridgehead atoms. The van der Waals surface area contributed by atoms with E-state index in [9.17, 15) is 9.59 Å². The number of hydrogen-bond acceptors (Lipinski definition) is 5. The molecule has 1 amide bonds. The average molecular weight is 461 g/mol. The van der Waals surface area contributed by atoms with Gasteiger partial charge in [0.25, 0.3) is 5.91 Å². The molecule has 0 heterocycles. The van der Waals surface area contributed by atoms with Crippen LogP contribution in [0, 0.1) is 0 Å². The summed E-state index contributed by atoms with van der Waals surface area (Å²) < 4.78 is 16.2. The lowest BCUT2D eigenvalue weighted by atomic mass is 10.2. The van der Waals surface area contributed by atoms with Crippen LogP contribution < -0.4 is 14.8 Å². The monoisotopic (exact) mass is 459 g/mol. The number of halogens is 3. The molecule has 0 atom stereocenters. The van der Waals surface area contributed by atoms with Crippen LogP contribution in [0.1, 0.15) is 30.6 Å². The van der Waals surface area contributed by atoms with Crippen LogP contribution in [-0.4, -0.2) is 31.7 Å². The number of ether oxygens (including phenoxy) is 3. The highest BCUT2D eigenvalue weighted by molar-refractivity contribution is 6.42. The van der Waals surface area contributed by atoms with E-state index in [4.69, 9.17) is 49.0 Å². The van der Waals surface area contributed by atoms with Crippen LogP contribution in [0.3, 0.4) is 0 Å². The number of carbonyl (C=O) groups excluding carboxylic acids is 2. The predicted molar refractivity (Wildman–Crippen MR) is 114 cm³/mol. The zero-order valence-corrected chi connectivity index (χ0v) is 18.2. The molecule has 0 aliphatic carbocycles. The molecule has 0 spiro atoms. The molecule has 29 heavy (non-hydrogen) atoms. The molecular formula is C20H20Cl3NO5. The first-order chi connectivity index (χ1) is 13.8. The number of anilines is 1. The Bertz CT molecular complexity index is 865. The topological polar surface area (TPSA) is 73.9 Å². The van der Waals surface area contributed by atoms with Gasteiger partial charge in [-0.05, 0) is 43.7 Å². The first-order valence-corrected chi connectivity index (χ1v) is 10.00. The van der Waals surface area contributed by atoms with Crippen LogP contribution in [-0.2, 0) is 9.53 Å². The van der Waals surface area contributed by atoms with E-state index in [2.05, 4.69) is 5.32 Å². The van der Waals surface area contributed by atoms with Crippen LogP contribution >= 0.6 is 34.8 Å². The predicted octanol–water partition coefficient (Wildman–Crippen LogP) is 5.63. The normalized spacial score (nSPS) is 10.4. The second-order valence-corrected chi connectivity index (χ2v) is 7.06. The van der Waals surface area contributed by atoms with Crippen molar-refractivity contribution in [1.29, 1.82) is 0 Å². The summed E-state index contributed by atoms with van der Waals surface area (Å²) in [6.07, 6.45) is 0.839.